The summed E-state index contributed by atoms with van der Waals surface area (Å²) < 4.78 is 6.31. The Kier molecular flexibility index (Phi) is 5.09. The van der Waals surface area contributed by atoms with Crippen LogP contribution < -0.4 is 0 Å². The van der Waals surface area contributed by atoms with Crippen LogP contribution in [0.5, 0.6) is 0 Å². The van der Waals surface area contributed by atoms with Crippen molar-refractivity contribution in [1.82, 2.24) is 4.90 Å². The first-order valence-electron chi connectivity index (χ1n) is 10.5. The number of ether oxygens (including phenoxy) is 1. The molecule has 3 rings (SSSR count). The Labute approximate surface area is 160 Å². The molecule has 0 radical (unpaired) electrons. The van der Waals surface area contributed by atoms with Gasteiger partial charge in [-0.2, -0.15) is 0 Å². The molecule has 1 heterocycles. The van der Waals surface area contributed by atoms with Crippen molar-refractivity contribution >= 4 is 0 Å². The molecule has 0 aromatic carbocycles. The van der Waals surface area contributed by atoms with Gasteiger partial charge in [0.05, 0.1) is 24.9 Å². The summed E-state index contributed by atoms with van der Waals surface area (Å²) in [7, 11) is 0. The molecule has 4 heteroatoms. The van der Waals surface area contributed by atoms with Gasteiger partial charge in [-0.15, -0.1) is 0 Å². The van der Waals surface area contributed by atoms with Crippen LogP contribution in [0.25, 0.3) is 0 Å². The maximum absolute atomic E-state index is 10.7. The second-order valence-electron chi connectivity index (χ2n) is 11.4. The summed E-state index contributed by atoms with van der Waals surface area (Å²) in [5.41, 5.74) is 0.339. The number of rotatable bonds is 5. The van der Waals surface area contributed by atoms with Crippen LogP contribution in [0.4, 0.5) is 0 Å². The van der Waals surface area contributed by atoms with Gasteiger partial charge in [0.1, 0.15) is 0 Å². The highest BCUT2D eigenvalue weighted by molar-refractivity contribution is 5.11. The van der Waals surface area contributed by atoms with E-state index >= 15 is 0 Å². The molecule has 152 valence electrons. The monoisotopic (exact) mass is 367 g/mol. The van der Waals surface area contributed by atoms with Crippen molar-refractivity contribution in [3.63, 3.8) is 0 Å². The Hall–Kier alpha value is -0.160. The molecular formula is C22H41NO3. The number of nitrogens with zero attached hydrogens (tertiary/aromatic N) is 1. The van der Waals surface area contributed by atoms with Gasteiger partial charge in [0.25, 0.3) is 0 Å². The van der Waals surface area contributed by atoms with E-state index in [4.69, 9.17) is 4.74 Å². The van der Waals surface area contributed by atoms with Gasteiger partial charge in [0.15, 0.2) is 0 Å². The number of hydrogen-bond acceptors (Lipinski definition) is 4. The fraction of sp³-hybridized carbons (Fsp3) is 1.00. The zero-order valence-corrected chi connectivity index (χ0v) is 18.0. The van der Waals surface area contributed by atoms with Gasteiger partial charge in [-0.1, -0.05) is 20.8 Å². The Morgan fingerprint density at radius 1 is 1.04 bits per heavy atom. The number of fused-ring (bicyclic) bond motifs is 2. The number of aliphatic hydroxyl groups is 2. The first kappa shape index (κ1) is 20.6. The van der Waals surface area contributed by atoms with Crippen molar-refractivity contribution in [2.75, 3.05) is 13.2 Å². The maximum Gasteiger partial charge on any atom is 0.0900 e. The summed E-state index contributed by atoms with van der Waals surface area (Å²) in [5, 5.41) is 21.0. The topological polar surface area (TPSA) is 52.9 Å². The molecule has 3 aliphatic rings. The lowest BCUT2D eigenvalue weighted by atomic mass is 9.70. The molecular weight excluding hydrogens is 326 g/mol. The molecule has 2 saturated carbocycles. The Bertz CT molecular complexity index is 511. The molecule has 0 aromatic rings. The highest BCUT2D eigenvalue weighted by Crippen LogP contribution is 2.66. The van der Waals surface area contributed by atoms with E-state index in [-0.39, 0.29) is 28.7 Å². The first-order chi connectivity index (χ1) is 11.8. The molecule has 2 bridgehead atoms. The lowest BCUT2D eigenvalue weighted by Crippen LogP contribution is -2.63. The highest BCUT2D eigenvalue weighted by Gasteiger charge is 2.61. The molecule has 2 aliphatic carbocycles. The van der Waals surface area contributed by atoms with Crippen molar-refractivity contribution in [2.45, 2.75) is 110 Å². The SMILES string of the molecule is CC1(C)CC(O)CC(C)(C)N1C[C@@H](O)CO[C@@H]1C[C@H]2CC[C@@]1(C)C2(C)C. The van der Waals surface area contributed by atoms with Crippen LogP contribution in [0.2, 0.25) is 0 Å². The third-order valence-corrected chi connectivity index (χ3v) is 8.53. The van der Waals surface area contributed by atoms with Gasteiger partial charge < -0.3 is 14.9 Å². The fourth-order valence-electron chi connectivity index (χ4n) is 6.63. The summed E-state index contributed by atoms with van der Waals surface area (Å²) in [4.78, 5) is 2.37. The average Bonchev–Trinajstić information content (AvgIpc) is 2.80. The third-order valence-electron chi connectivity index (χ3n) is 8.53. The van der Waals surface area contributed by atoms with E-state index in [0.29, 0.717) is 18.6 Å². The summed E-state index contributed by atoms with van der Waals surface area (Å²) in [6.45, 7) is 16.9. The largest absolute Gasteiger partial charge is 0.393 e. The van der Waals surface area contributed by atoms with E-state index in [0.717, 1.165) is 25.2 Å². The van der Waals surface area contributed by atoms with Gasteiger partial charge in [0, 0.05) is 17.6 Å². The van der Waals surface area contributed by atoms with Crippen LogP contribution in [0.1, 0.15) is 80.6 Å². The molecule has 0 aromatic heterocycles. The van der Waals surface area contributed by atoms with Gasteiger partial charge in [-0.3, -0.25) is 4.90 Å². The van der Waals surface area contributed by atoms with Crippen LogP contribution in [0.3, 0.4) is 0 Å². The third kappa shape index (κ3) is 3.25. The Morgan fingerprint density at radius 3 is 2.08 bits per heavy atom. The average molecular weight is 368 g/mol. The van der Waals surface area contributed by atoms with Crippen LogP contribution in [-0.2, 0) is 4.74 Å². The van der Waals surface area contributed by atoms with Crippen LogP contribution in [0, 0.1) is 16.7 Å². The van der Waals surface area contributed by atoms with Crippen LogP contribution >= 0.6 is 0 Å². The van der Waals surface area contributed by atoms with Crippen LogP contribution in [-0.4, -0.2) is 57.7 Å². The van der Waals surface area contributed by atoms with Crippen molar-refractivity contribution in [2.24, 2.45) is 16.7 Å². The van der Waals surface area contributed by atoms with E-state index in [1.54, 1.807) is 0 Å². The number of hydrogen-bond donors (Lipinski definition) is 2. The van der Waals surface area contributed by atoms with E-state index in [2.05, 4.69) is 53.4 Å². The minimum atomic E-state index is -0.491. The standard InChI is InChI=1S/C22H41NO3/c1-19(2)11-16(24)12-20(3,4)23(19)13-17(25)14-26-18-10-15-8-9-22(18,7)21(15,5)6/h15-18,24-25H,8-14H2,1-7H3/t15-,17-,18-,22-/m1/s1. The van der Waals surface area contributed by atoms with E-state index < -0.39 is 6.10 Å². The molecule has 3 fully saturated rings. The van der Waals surface area contributed by atoms with Gasteiger partial charge in [0.2, 0.25) is 0 Å². The van der Waals surface area contributed by atoms with Gasteiger partial charge in [-0.05, 0) is 76.5 Å². The molecule has 2 N–H and O–H groups in total. The molecule has 0 amide bonds. The molecule has 0 unspecified atom stereocenters. The van der Waals surface area contributed by atoms with Crippen LogP contribution in [0.15, 0.2) is 0 Å². The Morgan fingerprint density at radius 2 is 1.62 bits per heavy atom. The Balaban J connectivity index is 1.59. The molecule has 1 aliphatic heterocycles. The lowest BCUT2D eigenvalue weighted by molar-refractivity contribution is -0.119. The maximum atomic E-state index is 10.7. The summed E-state index contributed by atoms with van der Waals surface area (Å²) in [6, 6.07) is 0. The smallest absolute Gasteiger partial charge is 0.0900 e. The molecule has 26 heavy (non-hydrogen) atoms. The highest BCUT2D eigenvalue weighted by atomic mass is 16.5. The molecule has 4 atom stereocenters. The van der Waals surface area contributed by atoms with E-state index in [1.165, 1.54) is 12.8 Å². The minimum Gasteiger partial charge on any atom is -0.393 e. The number of aliphatic hydroxyl groups excluding tert-OH is 2. The number of likely N-dealkylation sites (tertiary alicyclic amines) is 1. The van der Waals surface area contributed by atoms with Crippen molar-refractivity contribution in [3.05, 3.63) is 0 Å². The zero-order chi connectivity index (χ0) is 19.5. The predicted molar refractivity (Wildman–Crippen MR) is 105 cm³/mol. The number of β-amino-alcohol motifs (C(OH)–C–C–N with tert-alkyl or cyclic N) is 1. The quantitative estimate of drug-likeness (QED) is 0.780. The molecule has 4 nitrogen and oxygen atoms in total. The second kappa shape index (κ2) is 6.43. The summed E-state index contributed by atoms with van der Waals surface area (Å²) in [6.07, 6.45) is 4.73. The van der Waals surface area contributed by atoms with E-state index in [1.807, 2.05) is 0 Å². The molecule has 1 saturated heterocycles. The lowest BCUT2D eigenvalue weighted by Gasteiger charge is -2.55. The first-order valence-corrected chi connectivity index (χ1v) is 10.5. The van der Waals surface area contributed by atoms with Crippen molar-refractivity contribution in [1.29, 1.82) is 0 Å². The summed E-state index contributed by atoms with van der Waals surface area (Å²) in [5.74, 6) is 0.760. The second-order valence-corrected chi connectivity index (χ2v) is 11.4. The van der Waals surface area contributed by atoms with Gasteiger partial charge >= 0.3 is 0 Å². The number of piperidine rings is 1. The summed E-state index contributed by atoms with van der Waals surface area (Å²) >= 11 is 0. The van der Waals surface area contributed by atoms with Gasteiger partial charge in [-0.25, -0.2) is 0 Å². The van der Waals surface area contributed by atoms with E-state index in [9.17, 15) is 10.2 Å². The predicted octanol–water partition coefficient (Wildman–Crippen LogP) is 3.59. The normalized spacial score (nSPS) is 40.0. The molecule has 0 spiro atoms. The zero-order valence-electron chi connectivity index (χ0n) is 18.0. The minimum absolute atomic E-state index is 0.122. The van der Waals surface area contributed by atoms with Crippen molar-refractivity contribution in [3.8, 4) is 0 Å². The van der Waals surface area contributed by atoms with Crippen molar-refractivity contribution < 1.29 is 14.9 Å². The fourth-order valence-corrected chi connectivity index (χ4v) is 6.63.